The lowest BCUT2D eigenvalue weighted by atomic mass is 10.3. The van der Waals surface area contributed by atoms with E-state index >= 15 is 0 Å². The molecule has 0 aliphatic carbocycles. The number of piperazine rings is 1. The maximum Gasteiger partial charge on any atom is 0.346 e. The van der Waals surface area contributed by atoms with Crippen molar-refractivity contribution in [2.45, 2.75) is 0 Å². The van der Waals surface area contributed by atoms with E-state index in [1.807, 2.05) is 0 Å². The lowest BCUT2D eigenvalue weighted by molar-refractivity contribution is 0.249. The first-order valence-electron chi connectivity index (χ1n) is 6.41. The van der Waals surface area contributed by atoms with Crippen LogP contribution >= 0.6 is 0 Å². The van der Waals surface area contributed by atoms with Crippen LogP contribution in [0.4, 0.5) is 5.82 Å². The van der Waals surface area contributed by atoms with Crippen LogP contribution in [0.3, 0.4) is 0 Å². The molecule has 1 aromatic rings. The van der Waals surface area contributed by atoms with Crippen LogP contribution in [0, 0.1) is 0 Å². The average molecular weight is 268 g/mol. The lowest BCUT2D eigenvalue weighted by Gasteiger charge is -2.27. The molecule has 0 bridgehead atoms. The van der Waals surface area contributed by atoms with Gasteiger partial charge in [0.2, 0.25) is 5.82 Å². The van der Waals surface area contributed by atoms with Gasteiger partial charge < -0.3 is 10.6 Å². The van der Waals surface area contributed by atoms with Crippen molar-refractivity contribution >= 4 is 5.82 Å². The summed E-state index contributed by atoms with van der Waals surface area (Å²) in [6, 6.07) is 0. The van der Waals surface area contributed by atoms with Gasteiger partial charge in [-0.2, -0.15) is 0 Å². The van der Waals surface area contributed by atoms with Crippen LogP contribution in [0.5, 0.6) is 0 Å². The Morgan fingerprint density at radius 1 is 1.26 bits per heavy atom. The van der Waals surface area contributed by atoms with E-state index in [2.05, 4.69) is 20.6 Å². The number of hydrogen-bond donors (Lipinski definition) is 2. The quantitative estimate of drug-likeness (QED) is 0.644. The van der Waals surface area contributed by atoms with Crippen molar-refractivity contribution in [1.82, 2.24) is 24.6 Å². The Balaban J connectivity index is 1.96. The summed E-state index contributed by atoms with van der Waals surface area (Å²) in [5.74, 6) is 0.222. The summed E-state index contributed by atoms with van der Waals surface area (Å²) < 4.78 is 2.22. The third kappa shape index (κ3) is 3.21. The molecule has 1 saturated heterocycles. The van der Waals surface area contributed by atoms with Crippen molar-refractivity contribution in [3.05, 3.63) is 20.8 Å². The second kappa shape index (κ2) is 5.98. The number of nitrogens with one attached hydrogen (secondary N) is 2. The third-order valence-corrected chi connectivity index (χ3v) is 3.25. The summed E-state index contributed by atoms with van der Waals surface area (Å²) in [5, 5.41) is 10.2. The van der Waals surface area contributed by atoms with Crippen molar-refractivity contribution in [2.24, 2.45) is 14.1 Å². The summed E-state index contributed by atoms with van der Waals surface area (Å²) in [4.78, 5) is 25.6. The molecule has 8 heteroatoms. The maximum atomic E-state index is 11.8. The Morgan fingerprint density at radius 3 is 2.63 bits per heavy atom. The molecular weight excluding hydrogens is 248 g/mol. The van der Waals surface area contributed by atoms with Crippen LogP contribution < -0.4 is 21.9 Å². The summed E-state index contributed by atoms with van der Waals surface area (Å²) in [6.45, 7) is 5.52. The first-order chi connectivity index (χ1) is 9.09. The van der Waals surface area contributed by atoms with Crippen LogP contribution in [0.25, 0.3) is 0 Å². The Hall–Kier alpha value is -1.67. The summed E-state index contributed by atoms with van der Waals surface area (Å²) in [5.41, 5.74) is -0.805. The van der Waals surface area contributed by atoms with E-state index in [9.17, 15) is 9.59 Å². The molecule has 0 unspecified atom stereocenters. The first kappa shape index (κ1) is 13.8. The Kier molecular flexibility index (Phi) is 4.33. The van der Waals surface area contributed by atoms with Gasteiger partial charge in [0, 0.05) is 53.4 Å². The molecule has 1 fully saturated rings. The fourth-order valence-electron chi connectivity index (χ4n) is 2.08. The SMILES string of the molecule is Cn1nc(NCCN2CCNCC2)c(=O)n(C)c1=O. The van der Waals surface area contributed by atoms with Gasteiger partial charge in [0.05, 0.1) is 0 Å². The van der Waals surface area contributed by atoms with Crippen molar-refractivity contribution in [3.8, 4) is 0 Å². The minimum Gasteiger partial charge on any atom is -0.363 e. The normalized spacial score (nSPS) is 16.5. The summed E-state index contributed by atoms with van der Waals surface area (Å²) in [7, 11) is 2.98. The van der Waals surface area contributed by atoms with Gasteiger partial charge >= 0.3 is 5.69 Å². The molecule has 2 N–H and O–H groups in total. The van der Waals surface area contributed by atoms with Gasteiger partial charge in [-0.3, -0.25) is 14.3 Å². The molecule has 0 saturated carbocycles. The summed E-state index contributed by atoms with van der Waals surface area (Å²) >= 11 is 0. The Morgan fingerprint density at radius 2 is 1.95 bits per heavy atom. The van der Waals surface area contributed by atoms with Crippen LogP contribution in [0.2, 0.25) is 0 Å². The average Bonchev–Trinajstić information content (AvgIpc) is 2.43. The number of rotatable bonds is 4. The molecule has 0 atom stereocenters. The van der Waals surface area contributed by atoms with Crippen LogP contribution in [0.1, 0.15) is 0 Å². The smallest absolute Gasteiger partial charge is 0.346 e. The third-order valence-electron chi connectivity index (χ3n) is 3.25. The van der Waals surface area contributed by atoms with E-state index in [0.717, 1.165) is 42.0 Å². The zero-order chi connectivity index (χ0) is 13.8. The van der Waals surface area contributed by atoms with Crippen molar-refractivity contribution < 1.29 is 0 Å². The Labute approximate surface area is 111 Å². The Bertz CT molecular complexity index is 543. The van der Waals surface area contributed by atoms with Gasteiger partial charge in [0.15, 0.2) is 0 Å². The van der Waals surface area contributed by atoms with Crippen molar-refractivity contribution in [1.29, 1.82) is 0 Å². The molecule has 8 nitrogen and oxygen atoms in total. The van der Waals surface area contributed by atoms with Crippen LogP contribution in [0.15, 0.2) is 9.59 Å². The molecule has 2 rings (SSSR count). The highest BCUT2D eigenvalue weighted by atomic mass is 16.2. The zero-order valence-corrected chi connectivity index (χ0v) is 11.3. The molecule has 0 aromatic carbocycles. The molecule has 0 radical (unpaired) electrons. The van der Waals surface area contributed by atoms with E-state index in [4.69, 9.17) is 0 Å². The number of nitrogens with zero attached hydrogens (tertiary/aromatic N) is 4. The minimum absolute atomic E-state index is 0.222. The molecule has 106 valence electrons. The van der Waals surface area contributed by atoms with Crippen LogP contribution in [-0.4, -0.2) is 58.5 Å². The molecule has 1 aliphatic rings. The predicted octanol–water partition coefficient (Wildman–Crippen LogP) is -2.20. The molecule has 1 aliphatic heterocycles. The van der Waals surface area contributed by atoms with Gasteiger partial charge in [-0.25, -0.2) is 9.48 Å². The second-order valence-electron chi connectivity index (χ2n) is 4.64. The van der Waals surface area contributed by atoms with Crippen molar-refractivity contribution in [3.63, 3.8) is 0 Å². The lowest BCUT2D eigenvalue weighted by Crippen LogP contribution is -2.45. The van der Waals surface area contributed by atoms with Crippen molar-refractivity contribution in [2.75, 3.05) is 44.6 Å². The highest BCUT2D eigenvalue weighted by molar-refractivity contribution is 5.29. The van der Waals surface area contributed by atoms with Gasteiger partial charge in [-0.15, -0.1) is 5.10 Å². The predicted molar refractivity (Wildman–Crippen MR) is 72.5 cm³/mol. The topological polar surface area (TPSA) is 84.2 Å². The van der Waals surface area contributed by atoms with E-state index in [1.54, 1.807) is 0 Å². The number of anilines is 1. The van der Waals surface area contributed by atoms with E-state index in [1.165, 1.54) is 14.1 Å². The largest absolute Gasteiger partial charge is 0.363 e. The highest BCUT2D eigenvalue weighted by Gasteiger charge is 2.11. The molecule has 19 heavy (non-hydrogen) atoms. The molecule has 1 aromatic heterocycles. The van der Waals surface area contributed by atoms with Gasteiger partial charge in [-0.05, 0) is 0 Å². The highest BCUT2D eigenvalue weighted by Crippen LogP contribution is 1.93. The maximum absolute atomic E-state index is 11.8. The van der Waals surface area contributed by atoms with E-state index in [0.29, 0.717) is 6.54 Å². The molecule has 2 heterocycles. The summed E-state index contributed by atoms with van der Waals surface area (Å²) in [6.07, 6.45) is 0. The van der Waals surface area contributed by atoms with Gasteiger partial charge in [-0.1, -0.05) is 0 Å². The molecule has 0 spiro atoms. The number of aromatic nitrogens is 3. The van der Waals surface area contributed by atoms with E-state index < -0.39 is 5.69 Å². The van der Waals surface area contributed by atoms with Crippen LogP contribution in [-0.2, 0) is 14.1 Å². The van der Waals surface area contributed by atoms with E-state index in [-0.39, 0.29) is 11.4 Å². The first-order valence-corrected chi connectivity index (χ1v) is 6.41. The second-order valence-corrected chi connectivity index (χ2v) is 4.64. The number of aryl methyl sites for hydroxylation is 1. The van der Waals surface area contributed by atoms with Gasteiger partial charge in [0.1, 0.15) is 0 Å². The fraction of sp³-hybridized carbons (Fsp3) is 0.727. The standard InChI is InChI=1S/C11H20N6O2/c1-15-10(18)9(14-16(2)11(15)19)13-5-8-17-6-3-12-4-7-17/h12H,3-8H2,1-2H3,(H,13,14). The molecular formula is C11H20N6O2. The fourth-order valence-corrected chi connectivity index (χ4v) is 2.08. The number of hydrogen-bond acceptors (Lipinski definition) is 6. The minimum atomic E-state index is -0.419. The van der Waals surface area contributed by atoms with Gasteiger partial charge in [0.25, 0.3) is 5.56 Å². The zero-order valence-electron chi connectivity index (χ0n) is 11.3. The molecule has 0 amide bonds. The monoisotopic (exact) mass is 268 g/mol.